The molecule has 1 saturated carbocycles. The van der Waals surface area contributed by atoms with Crippen molar-refractivity contribution in [2.75, 3.05) is 58.9 Å². The van der Waals surface area contributed by atoms with Crippen LogP contribution in [-0.4, -0.2) is 136 Å². The molecule has 15 heteroatoms. The van der Waals surface area contributed by atoms with Gasteiger partial charge in [-0.25, -0.2) is 14.3 Å². The number of likely N-dealkylation sites (tertiary alicyclic amines) is 2. The molecule has 7 rings (SSSR count). The number of nitrogens with zero attached hydrogens (tertiary/aromatic N) is 5. The number of hydrogen-bond donors (Lipinski definition) is 2. The number of H-pyrrole nitrogens is 1. The number of alkyl carbamates (subject to hydrolysis) is 1. The van der Waals surface area contributed by atoms with Crippen molar-refractivity contribution in [1.29, 1.82) is 0 Å². The molecule has 4 heterocycles. The van der Waals surface area contributed by atoms with Crippen LogP contribution in [0.3, 0.4) is 0 Å². The number of nitrogens with one attached hydrogen (secondary N) is 2. The van der Waals surface area contributed by atoms with E-state index in [4.69, 9.17) is 9.47 Å². The van der Waals surface area contributed by atoms with Gasteiger partial charge < -0.3 is 29.5 Å². The molecule has 1 unspecified atom stereocenters. The SMILES string of the molecule is CC(C)(C)OC(=O)NC(C(=O)N1CCC(C)(OC2CCN(CC(=O)N3CCN(C(=O)c4cc(Cc5n[nH]c(=O)c6ccccc56)ccc4F)CC3)CC2)CC1)C1CCCCC1. The number of ether oxygens (including phenoxy) is 2. The quantitative estimate of drug-likeness (QED) is 0.278. The fourth-order valence-corrected chi connectivity index (χ4v) is 9.35. The maximum atomic E-state index is 15.0. The third kappa shape index (κ3) is 11.1. The zero-order valence-corrected chi connectivity index (χ0v) is 36.2. The fraction of sp³-hybridized carbons (Fsp3) is 0.609. The standard InChI is InChI=1S/C46H62FN7O7/c1-45(2,3)61-44(59)48-40(32-10-6-5-7-11-32)43(58)53-22-18-46(4,19-23-53)60-33-16-20-51(21-17-33)30-39(55)52-24-26-54(27-25-52)42(57)36-28-31(14-15-37(36)47)29-38-34-12-8-9-13-35(34)41(56)50-49-38/h8-9,12-15,28,32-33,40H,5-7,10-11,16-27,29-30H2,1-4H3,(H,48,59)(H,50,56). The Balaban J connectivity index is 0.842. The summed E-state index contributed by atoms with van der Waals surface area (Å²) in [5.41, 5.74) is -0.0107. The van der Waals surface area contributed by atoms with Gasteiger partial charge in [-0.1, -0.05) is 43.5 Å². The third-order valence-corrected chi connectivity index (χ3v) is 12.9. The van der Waals surface area contributed by atoms with Crippen molar-refractivity contribution in [1.82, 2.24) is 35.1 Å². The second-order valence-electron chi connectivity index (χ2n) is 18.6. The highest BCUT2D eigenvalue weighted by atomic mass is 19.1. The molecular formula is C46H62FN7O7. The molecule has 2 N–H and O–H groups in total. The second kappa shape index (κ2) is 19.0. The highest BCUT2D eigenvalue weighted by Crippen LogP contribution is 2.33. The Kier molecular flexibility index (Phi) is 13.8. The van der Waals surface area contributed by atoms with Gasteiger partial charge in [0.05, 0.1) is 34.9 Å². The third-order valence-electron chi connectivity index (χ3n) is 12.9. The summed E-state index contributed by atoms with van der Waals surface area (Å²) in [6, 6.07) is 11.0. The van der Waals surface area contributed by atoms with Gasteiger partial charge in [0, 0.05) is 64.2 Å². The van der Waals surface area contributed by atoms with Gasteiger partial charge in [-0.3, -0.25) is 24.1 Å². The maximum Gasteiger partial charge on any atom is 0.408 e. The first-order valence-corrected chi connectivity index (χ1v) is 22.1. The van der Waals surface area contributed by atoms with E-state index in [0.717, 1.165) is 58.0 Å². The molecule has 2 aromatic carbocycles. The zero-order chi connectivity index (χ0) is 43.3. The van der Waals surface area contributed by atoms with Gasteiger partial charge in [0.1, 0.15) is 17.5 Å². The lowest BCUT2D eigenvalue weighted by atomic mass is 9.82. The minimum atomic E-state index is -0.649. The first kappa shape index (κ1) is 44.2. The molecular weight excluding hydrogens is 782 g/mol. The molecule has 4 aliphatic rings. The van der Waals surface area contributed by atoms with Gasteiger partial charge >= 0.3 is 6.09 Å². The van der Waals surface area contributed by atoms with Crippen LogP contribution in [0.15, 0.2) is 47.3 Å². The number of hydrogen-bond acceptors (Lipinski definition) is 9. The largest absolute Gasteiger partial charge is 0.444 e. The molecule has 3 aliphatic heterocycles. The number of carbonyl (C=O) groups is 4. The molecule has 61 heavy (non-hydrogen) atoms. The first-order valence-electron chi connectivity index (χ1n) is 22.1. The Morgan fingerprint density at radius 3 is 2.20 bits per heavy atom. The van der Waals surface area contributed by atoms with E-state index in [1.54, 1.807) is 34.1 Å². The minimum Gasteiger partial charge on any atom is -0.444 e. The number of piperidine rings is 2. The Bertz CT molecular complexity index is 2110. The van der Waals surface area contributed by atoms with Crippen LogP contribution in [0, 0.1) is 11.7 Å². The summed E-state index contributed by atoms with van der Waals surface area (Å²) >= 11 is 0. The average molecular weight is 844 g/mol. The normalized spacial score (nSPS) is 20.0. The van der Waals surface area contributed by atoms with Crippen molar-refractivity contribution in [3.05, 3.63) is 75.5 Å². The molecule has 0 spiro atoms. The number of benzene rings is 2. The van der Waals surface area contributed by atoms with E-state index < -0.39 is 29.5 Å². The van der Waals surface area contributed by atoms with Gasteiger partial charge in [0.15, 0.2) is 0 Å². The number of rotatable bonds is 10. The summed E-state index contributed by atoms with van der Waals surface area (Å²) in [4.78, 5) is 73.3. The monoisotopic (exact) mass is 843 g/mol. The number of piperazine rings is 1. The molecule has 14 nitrogen and oxygen atoms in total. The van der Waals surface area contributed by atoms with Crippen LogP contribution in [0.4, 0.5) is 9.18 Å². The van der Waals surface area contributed by atoms with Gasteiger partial charge in [-0.15, -0.1) is 0 Å². The van der Waals surface area contributed by atoms with Gasteiger partial charge in [0.25, 0.3) is 11.5 Å². The molecule has 4 fully saturated rings. The van der Waals surface area contributed by atoms with Crippen LogP contribution in [0.1, 0.15) is 107 Å². The van der Waals surface area contributed by atoms with Crippen molar-refractivity contribution >= 4 is 34.6 Å². The molecule has 1 aliphatic carbocycles. The highest BCUT2D eigenvalue weighted by molar-refractivity contribution is 5.95. The molecule has 1 atom stereocenters. The molecule has 0 bridgehead atoms. The van der Waals surface area contributed by atoms with Gasteiger partial charge in [-0.2, -0.15) is 5.10 Å². The van der Waals surface area contributed by atoms with E-state index >= 15 is 4.39 Å². The van der Waals surface area contributed by atoms with E-state index in [-0.39, 0.29) is 40.6 Å². The predicted molar refractivity (Wildman–Crippen MR) is 229 cm³/mol. The smallest absolute Gasteiger partial charge is 0.408 e. The number of amides is 4. The fourth-order valence-electron chi connectivity index (χ4n) is 9.35. The molecule has 3 aromatic rings. The molecule has 0 radical (unpaired) electrons. The number of aromatic nitrogens is 2. The maximum absolute atomic E-state index is 15.0. The molecule has 330 valence electrons. The molecule has 1 aromatic heterocycles. The van der Waals surface area contributed by atoms with Gasteiger partial charge in [-0.05, 0) is 95.9 Å². The lowest BCUT2D eigenvalue weighted by molar-refractivity contribution is -0.150. The summed E-state index contributed by atoms with van der Waals surface area (Å²) in [5.74, 6) is -0.945. The van der Waals surface area contributed by atoms with Crippen molar-refractivity contribution in [2.24, 2.45) is 5.92 Å². The minimum absolute atomic E-state index is 0.0111. The van der Waals surface area contributed by atoms with Crippen molar-refractivity contribution in [3.8, 4) is 0 Å². The van der Waals surface area contributed by atoms with Crippen LogP contribution in [0.5, 0.6) is 0 Å². The van der Waals surface area contributed by atoms with Crippen LogP contribution < -0.4 is 10.9 Å². The van der Waals surface area contributed by atoms with E-state index in [1.807, 2.05) is 37.8 Å². The lowest BCUT2D eigenvalue weighted by Gasteiger charge is -2.44. The summed E-state index contributed by atoms with van der Waals surface area (Å²) < 4.78 is 27.3. The van der Waals surface area contributed by atoms with E-state index in [2.05, 4.69) is 27.3 Å². The van der Waals surface area contributed by atoms with E-state index in [9.17, 15) is 24.0 Å². The summed E-state index contributed by atoms with van der Waals surface area (Å²) in [6.07, 6.45) is 7.94. The lowest BCUT2D eigenvalue weighted by Crippen LogP contribution is -2.57. The number of carbonyl (C=O) groups excluding carboxylic acids is 4. The van der Waals surface area contributed by atoms with Crippen molar-refractivity contribution < 1.29 is 33.0 Å². The average Bonchev–Trinajstić information content (AvgIpc) is 3.24. The second-order valence-corrected chi connectivity index (χ2v) is 18.6. The Morgan fingerprint density at radius 2 is 1.52 bits per heavy atom. The van der Waals surface area contributed by atoms with Gasteiger partial charge in [0.2, 0.25) is 11.8 Å². The zero-order valence-electron chi connectivity index (χ0n) is 36.2. The number of aromatic amines is 1. The molecule has 4 amide bonds. The summed E-state index contributed by atoms with van der Waals surface area (Å²) in [7, 11) is 0. The van der Waals surface area contributed by atoms with Crippen LogP contribution >= 0.6 is 0 Å². The Hall–Kier alpha value is -4.89. The predicted octanol–water partition coefficient (Wildman–Crippen LogP) is 5.27. The highest BCUT2D eigenvalue weighted by Gasteiger charge is 2.40. The molecule has 3 saturated heterocycles. The van der Waals surface area contributed by atoms with Crippen molar-refractivity contribution in [2.45, 2.75) is 115 Å². The topological polar surface area (TPSA) is 157 Å². The Labute approximate surface area is 357 Å². The van der Waals surface area contributed by atoms with Crippen LogP contribution in [0.2, 0.25) is 0 Å². The summed E-state index contributed by atoms with van der Waals surface area (Å²) in [6.45, 7) is 11.8. The Morgan fingerprint density at radius 1 is 0.869 bits per heavy atom. The number of halogens is 1. The van der Waals surface area contributed by atoms with E-state index in [0.29, 0.717) is 87.1 Å². The number of fused-ring (bicyclic) bond motifs is 1. The van der Waals surface area contributed by atoms with Crippen LogP contribution in [0.25, 0.3) is 10.8 Å². The van der Waals surface area contributed by atoms with Crippen LogP contribution in [-0.2, 0) is 25.5 Å². The van der Waals surface area contributed by atoms with Crippen molar-refractivity contribution in [3.63, 3.8) is 0 Å². The summed E-state index contributed by atoms with van der Waals surface area (Å²) in [5, 5.41) is 10.9. The first-order chi connectivity index (χ1) is 29.1. The van der Waals surface area contributed by atoms with E-state index in [1.165, 1.54) is 6.07 Å².